The summed E-state index contributed by atoms with van der Waals surface area (Å²) in [4.78, 5) is 23.6. The molecular weight excluding hydrogens is 353 g/mol. The van der Waals surface area contributed by atoms with Gasteiger partial charge in [-0.05, 0) is 31.0 Å². The minimum atomic E-state index is -4.65. The molecule has 1 unspecified atom stereocenters. The van der Waals surface area contributed by atoms with E-state index in [-0.39, 0.29) is 10.4 Å². The van der Waals surface area contributed by atoms with E-state index >= 15 is 0 Å². The SMILES string of the molecule is O=C(NC1CCCNC1=O)c1ccc(Br)cc1C(F)(F)F. The Morgan fingerprint density at radius 1 is 1.38 bits per heavy atom. The lowest BCUT2D eigenvalue weighted by Crippen LogP contribution is -2.50. The number of hydrogen-bond donors (Lipinski definition) is 2. The van der Waals surface area contributed by atoms with Gasteiger partial charge in [0.25, 0.3) is 5.91 Å². The van der Waals surface area contributed by atoms with E-state index in [1.165, 1.54) is 6.07 Å². The Balaban J connectivity index is 2.25. The summed E-state index contributed by atoms with van der Waals surface area (Å²) in [5.74, 6) is -1.28. The van der Waals surface area contributed by atoms with Crippen molar-refractivity contribution in [1.29, 1.82) is 0 Å². The molecule has 0 aliphatic carbocycles. The molecule has 2 rings (SSSR count). The highest BCUT2D eigenvalue weighted by atomic mass is 79.9. The van der Waals surface area contributed by atoms with Crippen LogP contribution in [-0.4, -0.2) is 24.4 Å². The van der Waals surface area contributed by atoms with E-state index in [2.05, 4.69) is 26.6 Å². The fourth-order valence-electron chi connectivity index (χ4n) is 2.09. The number of carbonyl (C=O) groups excluding carboxylic acids is 2. The van der Waals surface area contributed by atoms with Gasteiger partial charge in [-0.3, -0.25) is 9.59 Å². The first kappa shape index (κ1) is 15.8. The van der Waals surface area contributed by atoms with Crippen LogP contribution in [0.5, 0.6) is 0 Å². The molecule has 8 heteroatoms. The van der Waals surface area contributed by atoms with Crippen molar-refractivity contribution in [3.8, 4) is 0 Å². The Labute approximate surface area is 127 Å². The average Bonchev–Trinajstić information content (AvgIpc) is 2.40. The largest absolute Gasteiger partial charge is 0.417 e. The second-order valence-electron chi connectivity index (χ2n) is 4.65. The third kappa shape index (κ3) is 3.75. The number of benzene rings is 1. The van der Waals surface area contributed by atoms with Crippen LogP contribution in [0.25, 0.3) is 0 Å². The number of piperidine rings is 1. The molecule has 1 aliphatic heterocycles. The zero-order chi connectivity index (χ0) is 15.6. The molecule has 2 N–H and O–H groups in total. The van der Waals surface area contributed by atoms with E-state index in [0.717, 1.165) is 12.1 Å². The van der Waals surface area contributed by atoms with Gasteiger partial charge in [-0.15, -0.1) is 0 Å². The van der Waals surface area contributed by atoms with E-state index in [1.54, 1.807) is 0 Å². The smallest absolute Gasteiger partial charge is 0.354 e. The van der Waals surface area contributed by atoms with Crippen LogP contribution in [-0.2, 0) is 11.0 Å². The van der Waals surface area contributed by atoms with Gasteiger partial charge in [0.05, 0.1) is 11.1 Å². The number of nitrogens with one attached hydrogen (secondary N) is 2. The minimum absolute atomic E-state index is 0.224. The summed E-state index contributed by atoms with van der Waals surface area (Å²) in [7, 11) is 0. The van der Waals surface area contributed by atoms with Crippen LogP contribution in [0.4, 0.5) is 13.2 Å². The maximum Gasteiger partial charge on any atom is 0.417 e. The van der Waals surface area contributed by atoms with Gasteiger partial charge in [0.2, 0.25) is 5.91 Å². The van der Waals surface area contributed by atoms with E-state index in [1.807, 2.05) is 0 Å². The molecule has 1 fully saturated rings. The van der Waals surface area contributed by atoms with Crippen LogP contribution in [0.2, 0.25) is 0 Å². The summed E-state index contributed by atoms with van der Waals surface area (Å²) in [5.41, 5.74) is -1.53. The molecule has 0 spiro atoms. The molecule has 1 saturated heterocycles. The quantitative estimate of drug-likeness (QED) is 0.846. The van der Waals surface area contributed by atoms with Crippen LogP contribution >= 0.6 is 15.9 Å². The molecule has 1 aromatic carbocycles. The van der Waals surface area contributed by atoms with Gasteiger partial charge >= 0.3 is 6.18 Å². The van der Waals surface area contributed by atoms with Crippen molar-refractivity contribution in [3.05, 3.63) is 33.8 Å². The van der Waals surface area contributed by atoms with Crippen molar-refractivity contribution in [2.45, 2.75) is 25.1 Å². The van der Waals surface area contributed by atoms with Gasteiger partial charge in [-0.1, -0.05) is 15.9 Å². The molecule has 114 valence electrons. The van der Waals surface area contributed by atoms with E-state index in [0.29, 0.717) is 19.4 Å². The zero-order valence-corrected chi connectivity index (χ0v) is 12.3. The fourth-order valence-corrected chi connectivity index (χ4v) is 2.46. The van der Waals surface area contributed by atoms with E-state index in [9.17, 15) is 22.8 Å². The van der Waals surface area contributed by atoms with Crippen LogP contribution < -0.4 is 10.6 Å². The normalized spacial score (nSPS) is 19.0. The van der Waals surface area contributed by atoms with Crippen molar-refractivity contribution < 1.29 is 22.8 Å². The van der Waals surface area contributed by atoms with Crippen molar-refractivity contribution in [1.82, 2.24) is 10.6 Å². The molecule has 1 aromatic rings. The number of rotatable bonds is 2. The lowest BCUT2D eigenvalue weighted by Gasteiger charge is -2.23. The van der Waals surface area contributed by atoms with Crippen LogP contribution in [0, 0.1) is 0 Å². The van der Waals surface area contributed by atoms with Gasteiger partial charge in [-0.25, -0.2) is 0 Å². The van der Waals surface area contributed by atoms with Crippen LogP contribution in [0.1, 0.15) is 28.8 Å². The second kappa shape index (κ2) is 6.05. The maximum atomic E-state index is 13.0. The summed E-state index contributed by atoms with van der Waals surface area (Å²) in [6.07, 6.45) is -3.57. The highest BCUT2D eigenvalue weighted by Crippen LogP contribution is 2.33. The molecule has 1 atom stereocenters. The lowest BCUT2D eigenvalue weighted by atomic mass is 10.0. The van der Waals surface area contributed by atoms with E-state index in [4.69, 9.17) is 0 Å². The first-order valence-electron chi connectivity index (χ1n) is 6.24. The summed E-state index contributed by atoms with van der Waals surface area (Å²) in [6, 6.07) is 2.49. The first-order chi connectivity index (χ1) is 9.79. The number of carbonyl (C=O) groups is 2. The maximum absolute atomic E-state index is 13.0. The van der Waals surface area contributed by atoms with Crippen LogP contribution in [0.3, 0.4) is 0 Å². The van der Waals surface area contributed by atoms with Crippen molar-refractivity contribution >= 4 is 27.7 Å². The van der Waals surface area contributed by atoms with Crippen molar-refractivity contribution in [2.24, 2.45) is 0 Å². The monoisotopic (exact) mass is 364 g/mol. The Morgan fingerprint density at radius 2 is 2.10 bits per heavy atom. The summed E-state index contributed by atoms with van der Waals surface area (Å²) < 4.78 is 39.1. The van der Waals surface area contributed by atoms with Gasteiger partial charge in [0.1, 0.15) is 6.04 Å². The Kier molecular flexibility index (Phi) is 4.55. The predicted molar refractivity (Wildman–Crippen MR) is 72.6 cm³/mol. The van der Waals surface area contributed by atoms with Crippen LogP contribution in [0.15, 0.2) is 22.7 Å². The number of alkyl halides is 3. The molecule has 1 aliphatic rings. The van der Waals surface area contributed by atoms with Gasteiger partial charge in [0, 0.05) is 11.0 Å². The highest BCUT2D eigenvalue weighted by Gasteiger charge is 2.36. The third-order valence-corrected chi connectivity index (χ3v) is 3.62. The van der Waals surface area contributed by atoms with Gasteiger partial charge in [-0.2, -0.15) is 13.2 Å². The molecule has 0 aromatic heterocycles. The molecule has 2 amide bonds. The van der Waals surface area contributed by atoms with Gasteiger partial charge in [0.15, 0.2) is 0 Å². The summed E-state index contributed by atoms with van der Waals surface area (Å²) >= 11 is 2.95. The summed E-state index contributed by atoms with van der Waals surface area (Å²) in [6.45, 7) is 0.511. The van der Waals surface area contributed by atoms with E-state index < -0.39 is 29.3 Å². The Bertz CT molecular complexity index is 575. The number of amides is 2. The molecule has 0 radical (unpaired) electrons. The lowest BCUT2D eigenvalue weighted by molar-refractivity contribution is -0.138. The van der Waals surface area contributed by atoms with Gasteiger partial charge < -0.3 is 10.6 Å². The standard InChI is InChI=1S/C13H12BrF3N2O2/c14-7-3-4-8(9(6-7)13(15,16)17)11(20)19-10-2-1-5-18-12(10)21/h3-4,6,10H,1-2,5H2,(H,18,21)(H,19,20). The third-order valence-electron chi connectivity index (χ3n) is 3.12. The fraction of sp³-hybridized carbons (Fsp3) is 0.385. The molecule has 1 heterocycles. The topological polar surface area (TPSA) is 58.2 Å². The highest BCUT2D eigenvalue weighted by molar-refractivity contribution is 9.10. The summed E-state index contributed by atoms with van der Waals surface area (Å²) in [5, 5.41) is 4.91. The second-order valence-corrected chi connectivity index (χ2v) is 5.56. The number of halogens is 4. The Morgan fingerprint density at radius 3 is 2.71 bits per heavy atom. The molecule has 4 nitrogen and oxygen atoms in total. The first-order valence-corrected chi connectivity index (χ1v) is 7.03. The predicted octanol–water partition coefficient (Wildman–Crippen LogP) is 2.48. The molecule has 0 saturated carbocycles. The average molecular weight is 365 g/mol. The minimum Gasteiger partial charge on any atom is -0.354 e. The zero-order valence-electron chi connectivity index (χ0n) is 10.8. The molecule has 21 heavy (non-hydrogen) atoms. The molecular formula is C13H12BrF3N2O2. The number of hydrogen-bond acceptors (Lipinski definition) is 2. The Hall–Kier alpha value is -1.57. The van der Waals surface area contributed by atoms with Crippen molar-refractivity contribution in [3.63, 3.8) is 0 Å². The van der Waals surface area contributed by atoms with Crippen molar-refractivity contribution in [2.75, 3.05) is 6.54 Å². The molecule has 0 bridgehead atoms.